The van der Waals surface area contributed by atoms with Crippen molar-refractivity contribution in [2.24, 2.45) is 0 Å². The van der Waals surface area contributed by atoms with E-state index in [0.29, 0.717) is 29.5 Å². The molecule has 6 nitrogen and oxygen atoms in total. The number of aromatic nitrogens is 2. The molecule has 1 amide bonds. The Kier molecular flexibility index (Phi) is 6.23. The Morgan fingerprint density at radius 2 is 1.50 bits per heavy atom. The number of nitrogens with zero attached hydrogens (tertiary/aromatic N) is 4. The van der Waals surface area contributed by atoms with Gasteiger partial charge in [-0.3, -0.25) is 4.79 Å². The van der Waals surface area contributed by atoms with Crippen LogP contribution in [0.15, 0.2) is 84.9 Å². The van der Waals surface area contributed by atoms with Gasteiger partial charge in [-0.2, -0.15) is 5.10 Å². The molecular formula is C27H25ClN4O2. The van der Waals surface area contributed by atoms with Crippen molar-refractivity contribution in [1.82, 2.24) is 14.7 Å². The van der Waals surface area contributed by atoms with Crippen molar-refractivity contribution in [3.05, 3.63) is 95.6 Å². The van der Waals surface area contributed by atoms with Crippen LogP contribution in [-0.4, -0.2) is 53.9 Å². The fourth-order valence-electron chi connectivity index (χ4n) is 4.29. The lowest BCUT2D eigenvalue weighted by Gasteiger charge is -2.36. The van der Waals surface area contributed by atoms with Gasteiger partial charge in [-0.25, -0.2) is 4.68 Å². The Hall–Kier alpha value is -3.77. The largest absolute Gasteiger partial charge is 0.495 e. The summed E-state index contributed by atoms with van der Waals surface area (Å²) in [6, 6.07) is 27.1. The van der Waals surface area contributed by atoms with Crippen LogP contribution >= 0.6 is 11.6 Å². The van der Waals surface area contributed by atoms with Crippen LogP contribution in [-0.2, 0) is 0 Å². The number of hydrogen-bond acceptors (Lipinski definition) is 4. The van der Waals surface area contributed by atoms with E-state index in [0.717, 1.165) is 35.8 Å². The van der Waals surface area contributed by atoms with E-state index in [4.69, 9.17) is 21.4 Å². The number of benzene rings is 3. The average molecular weight is 473 g/mol. The van der Waals surface area contributed by atoms with Crippen molar-refractivity contribution in [3.63, 3.8) is 0 Å². The monoisotopic (exact) mass is 472 g/mol. The first-order chi connectivity index (χ1) is 16.7. The van der Waals surface area contributed by atoms with Crippen LogP contribution in [0.1, 0.15) is 10.5 Å². The number of halogens is 1. The first-order valence-corrected chi connectivity index (χ1v) is 11.6. The maximum Gasteiger partial charge on any atom is 0.272 e. The van der Waals surface area contributed by atoms with E-state index < -0.39 is 0 Å². The molecule has 1 aliphatic heterocycles. The first kappa shape index (κ1) is 22.0. The van der Waals surface area contributed by atoms with Crippen molar-refractivity contribution in [1.29, 1.82) is 0 Å². The number of carbonyl (C=O) groups excluding carboxylic acids is 1. The van der Waals surface area contributed by atoms with E-state index in [-0.39, 0.29) is 5.91 Å². The Morgan fingerprint density at radius 1 is 0.853 bits per heavy atom. The number of piperazine rings is 1. The lowest BCUT2D eigenvalue weighted by atomic mass is 10.1. The number of para-hydroxylation sites is 3. The predicted molar refractivity (Wildman–Crippen MR) is 135 cm³/mol. The molecule has 1 aliphatic rings. The first-order valence-electron chi connectivity index (χ1n) is 11.2. The van der Waals surface area contributed by atoms with Gasteiger partial charge in [0.25, 0.3) is 5.91 Å². The molecule has 4 aromatic rings. The smallest absolute Gasteiger partial charge is 0.272 e. The summed E-state index contributed by atoms with van der Waals surface area (Å²) in [5.74, 6) is 0.779. The summed E-state index contributed by atoms with van der Waals surface area (Å²) in [5.41, 5.74) is 3.91. The molecule has 0 saturated carbocycles. The SMILES string of the molecule is COc1ccccc1N1CCN(C(=O)c2cc(-c3ccccc3)nn2-c2ccccc2Cl)CC1. The van der Waals surface area contributed by atoms with Crippen molar-refractivity contribution >= 4 is 23.2 Å². The number of amides is 1. The maximum atomic E-state index is 13.7. The molecule has 0 unspecified atom stereocenters. The lowest BCUT2D eigenvalue weighted by molar-refractivity contribution is 0.0737. The molecule has 0 aliphatic carbocycles. The normalized spacial score (nSPS) is 13.7. The molecule has 1 aromatic heterocycles. The van der Waals surface area contributed by atoms with E-state index >= 15 is 0 Å². The number of methoxy groups -OCH3 is 1. The molecule has 3 aromatic carbocycles. The highest BCUT2D eigenvalue weighted by Crippen LogP contribution is 2.30. The zero-order valence-electron chi connectivity index (χ0n) is 18.9. The Bertz CT molecular complexity index is 1300. The fourth-order valence-corrected chi connectivity index (χ4v) is 4.51. The van der Waals surface area contributed by atoms with Gasteiger partial charge in [0.15, 0.2) is 0 Å². The van der Waals surface area contributed by atoms with Crippen LogP contribution in [0.3, 0.4) is 0 Å². The number of hydrogen-bond donors (Lipinski definition) is 0. The van der Waals surface area contributed by atoms with Gasteiger partial charge in [0.1, 0.15) is 11.4 Å². The molecule has 0 spiro atoms. The van der Waals surface area contributed by atoms with Crippen molar-refractivity contribution in [2.75, 3.05) is 38.2 Å². The Balaban J connectivity index is 1.43. The molecule has 2 heterocycles. The summed E-state index contributed by atoms with van der Waals surface area (Å²) in [6.07, 6.45) is 0. The highest BCUT2D eigenvalue weighted by atomic mass is 35.5. The van der Waals surface area contributed by atoms with Crippen LogP contribution in [0.4, 0.5) is 5.69 Å². The summed E-state index contributed by atoms with van der Waals surface area (Å²) >= 11 is 6.49. The average Bonchev–Trinajstić information content (AvgIpc) is 3.34. The summed E-state index contributed by atoms with van der Waals surface area (Å²) in [7, 11) is 1.68. The highest BCUT2D eigenvalue weighted by molar-refractivity contribution is 6.32. The molecule has 0 bridgehead atoms. The van der Waals surface area contributed by atoms with Gasteiger partial charge in [0.2, 0.25) is 0 Å². The third kappa shape index (κ3) is 4.24. The molecule has 34 heavy (non-hydrogen) atoms. The topological polar surface area (TPSA) is 50.6 Å². The predicted octanol–water partition coefficient (Wildman–Crippen LogP) is 5.16. The van der Waals surface area contributed by atoms with Gasteiger partial charge >= 0.3 is 0 Å². The van der Waals surface area contributed by atoms with E-state index in [1.165, 1.54) is 0 Å². The standard InChI is InChI=1S/C27H25ClN4O2/c1-34-26-14-8-7-13-24(26)30-15-17-31(18-16-30)27(33)25-19-22(20-9-3-2-4-10-20)29-32(25)23-12-6-5-11-21(23)28/h2-14,19H,15-18H2,1H3. The number of carbonyl (C=O) groups is 1. The van der Waals surface area contributed by atoms with Gasteiger partial charge in [-0.05, 0) is 30.3 Å². The van der Waals surface area contributed by atoms with Crippen LogP contribution in [0.2, 0.25) is 5.02 Å². The second-order valence-electron chi connectivity index (χ2n) is 8.10. The highest BCUT2D eigenvalue weighted by Gasteiger charge is 2.27. The zero-order valence-corrected chi connectivity index (χ0v) is 19.7. The molecule has 5 rings (SSSR count). The molecule has 0 N–H and O–H groups in total. The minimum absolute atomic E-state index is 0.0609. The molecule has 172 valence electrons. The van der Waals surface area contributed by atoms with E-state index in [2.05, 4.69) is 11.0 Å². The van der Waals surface area contributed by atoms with Crippen molar-refractivity contribution in [3.8, 4) is 22.7 Å². The van der Waals surface area contributed by atoms with Crippen molar-refractivity contribution < 1.29 is 9.53 Å². The molecular weight excluding hydrogens is 448 g/mol. The van der Waals surface area contributed by atoms with Crippen LogP contribution in [0.25, 0.3) is 16.9 Å². The fraction of sp³-hybridized carbons (Fsp3) is 0.185. The van der Waals surface area contributed by atoms with Gasteiger partial charge in [-0.15, -0.1) is 0 Å². The molecule has 1 fully saturated rings. The molecule has 0 radical (unpaired) electrons. The zero-order chi connectivity index (χ0) is 23.5. The van der Waals surface area contributed by atoms with Gasteiger partial charge in [-0.1, -0.05) is 66.2 Å². The van der Waals surface area contributed by atoms with E-state index in [9.17, 15) is 4.79 Å². The number of ether oxygens (including phenoxy) is 1. The summed E-state index contributed by atoms with van der Waals surface area (Å²) in [6.45, 7) is 2.65. The van der Waals surface area contributed by atoms with Crippen LogP contribution in [0.5, 0.6) is 5.75 Å². The van der Waals surface area contributed by atoms with Crippen molar-refractivity contribution in [2.45, 2.75) is 0 Å². The summed E-state index contributed by atoms with van der Waals surface area (Å²) < 4.78 is 7.18. The van der Waals surface area contributed by atoms with E-state index in [1.807, 2.05) is 77.7 Å². The van der Waals surface area contributed by atoms with Crippen LogP contribution in [0, 0.1) is 0 Å². The number of rotatable bonds is 5. The lowest BCUT2D eigenvalue weighted by Crippen LogP contribution is -2.49. The third-order valence-corrected chi connectivity index (χ3v) is 6.39. The molecule has 1 saturated heterocycles. The summed E-state index contributed by atoms with van der Waals surface area (Å²) in [4.78, 5) is 17.8. The number of anilines is 1. The van der Waals surface area contributed by atoms with Gasteiger partial charge in [0.05, 0.1) is 29.2 Å². The van der Waals surface area contributed by atoms with Gasteiger partial charge in [0, 0.05) is 31.7 Å². The third-order valence-electron chi connectivity index (χ3n) is 6.07. The second-order valence-corrected chi connectivity index (χ2v) is 8.50. The van der Waals surface area contributed by atoms with Crippen LogP contribution < -0.4 is 9.64 Å². The minimum atomic E-state index is -0.0609. The second kappa shape index (κ2) is 9.61. The quantitative estimate of drug-likeness (QED) is 0.402. The Morgan fingerprint density at radius 3 is 2.21 bits per heavy atom. The maximum absolute atomic E-state index is 13.7. The summed E-state index contributed by atoms with van der Waals surface area (Å²) in [5, 5.41) is 5.31. The van der Waals surface area contributed by atoms with Gasteiger partial charge < -0.3 is 14.5 Å². The Labute approximate surface area is 203 Å². The molecule has 0 atom stereocenters. The molecule has 7 heteroatoms. The minimum Gasteiger partial charge on any atom is -0.495 e. The van der Waals surface area contributed by atoms with E-state index in [1.54, 1.807) is 17.9 Å².